The van der Waals surface area contributed by atoms with Gasteiger partial charge in [-0.1, -0.05) is 30.3 Å². The van der Waals surface area contributed by atoms with Crippen molar-refractivity contribution in [3.63, 3.8) is 0 Å². The van der Waals surface area contributed by atoms with E-state index in [0.29, 0.717) is 0 Å². The highest BCUT2D eigenvalue weighted by Gasteiger charge is 2.10. The summed E-state index contributed by atoms with van der Waals surface area (Å²) in [7, 11) is 0. The zero-order chi connectivity index (χ0) is 16.8. The fourth-order valence-corrected chi connectivity index (χ4v) is 3.40. The van der Waals surface area contributed by atoms with Gasteiger partial charge >= 0.3 is 0 Å². The molecule has 0 unspecified atom stereocenters. The Morgan fingerprint density at radius 2 is 1.76 bits per heavy atom. The van der Waals surface area contributed by atoms with Crippen LogP contribution in [-0.4, -0.2) is 15.0 Å². The van der Waals surface area contributed by atoms with Crippen molar-refractivity contribution in [1.82, 2.24) is 15.0 Å². The summed E-state index contributed by atoms with van der Waals surface area (Å²) < 4.78 is 0. The van der Waals surface area contributed by atoms with Crippen LogP contribution in [0.4, 0.5) is 11.4 Å². The Kier molecular flexibility index (Phi) is 2.97. The van der Waals surface area contributed by atoms with Crippen molar-refractivity contribution in [2.75, 3.05) is 5.32 Å². The van der Waals surface area contributed by atoms with Crippen molar-refractivity contribution < 1.29 is 0 Å². The maximum Gasteiger partial charge on any atom is 0.116 e. The van der Waals surface area contributed by atoms with E-state index in [1.54, 1.807) is 6.33 Å². The molecule has 0 saturated carbocycles. The Morgan fingerprint density at radius 3 is 2.68 bits per heavy atom. The summed E-state index contributed by atoms with van der Waals surface area (Å²) in [5.41, 5.74) is 6.06. The molecule has 0 spiro atoms. The van der Waals surface area contributed by atoms with Crippen molar-refractivity contribution in [2.24, 2.45) is 0 Å². The molecular weight excluding hydrogens is 308 g/mol. The van der Waals surface area contributed by atoms with Gasteiger partial charge in [-0.25, -0.2) is 9.97 Å². The van der Waals surface area contributed by atoms with Crippen LogP contribution in [-0.2, 0) is 0 Å². The smallest absolute Gasteiger partial charge is 0.116 e. The molecule has 2 heterocycles. The van der Waals surface area contributed by atoms with Crippen LogP contribution in [0.3, 0.4) is 0 Å². The molecule has 4 nitrogen and oxygen atoms in total. The number of hydrogen-bond acceptors (Lipinski definition) is 3. The lowest BCUT2D eigenvalue weighted by Crippen LogP contribution is -1.95. The maximum absolute atomic E-state index is 4.46. The van der Waals surface area contributed by atoms with Gasteiger partial charge in [0.25, 0.3) is 0 Å². The number of H-pyrrole nitrogens is 1. The number of rotatable bonds is 2. The van der Waals surface area contributed by atoms with E-state index in [2.05, 4.69) is 81.8 Å². The largest absolute Gasteiger partial charge is 0.358 e. The van der Waals surface area contributed by atoms with Gasteiger partial charge in [-0.3, -0.25) is 0 Å². The van der Waals surface area contributed by atoms with E-state index in [-0.39, 0.29) is 0 Å². The van der Waals surface area contributed by atoms with Crippen molar-refractivity contribution in [3.05, 3.63) is 72.7 Å². The minimum Gasteiger partial charge on any atom is -0.358 e. The molecule has 0 radical (unpaired) electrons. The third-order valence-electron chi connectivity index (χ3n) is 4.53. The number of imidazole rings is 1. The van der Waals surface area contributed by atoms with Crippen LogP contribution in [0.5, 0.6) is 0 Å². The third kappa shape index (κ3) is 2.31. The Balaban J connectivity index is 1.71. The molecule has 120 valence electrons. The highest BCUT2D eigenvalue weighted by Crippen LogP contribution is 2.32. The molecule has 0 aliphatic carbocycles. The van der Waals surface area contributed by atoms with Crippen LogP contribution in [0.25, 0.3) is 32.7 Å². The van der Waals surface area contributed by atoms with Crippen LogP contribution < -0.4 is 5.32 Å². The van der Waals surface area contributed by atoms with E-state index in [1.807, 2.05) is 6.07 Å². The molecule has 0 bridgehead atoms. The van der Waals surface area contributed by atoms with E-state index in [1.165, 1.54) is 10.8 Å². The number of hydrogen-bond donors (Lipinski definition) is 2. The monoisotopic (exact) mass is 324 g/mol. The average Bonchev–Trinajstić information content (AvgIpc) is 3.10. The number of aromatic nitrogens is 3. The van der Waals surface area contributed by atoms with E-state index in [4.69, 9.17) is 0 Å². The van der Waals surface area contributed by atoms with E-state index < -0.39 is 0 Å². The summed E-state index contributed by atoms with van der Waals surface area (Å²) in [5.74, 6) is 0. The zero-order valence-electron chi connectivity index (χ0n) is 13.7. The zero-order valence-corrected chi connectivity index (χ0v) is 13.7. The average molecular weight is 324 g/mol. The molecule has 5 aromatic rings. The molecule has 5 rings (SSSR count). The third-order valence-corrected chi connectivity index (χ3v) is 4.53. The SMILES string of the molecule is Cc1cc(Nc2ccc3ccccc3c2)c2c(ccc3ncnc32)[nH]1. The molecule has 0 atom stereocenters. The Hall–Kier alpha value is -3.40. The van der Waals surface area contributed by atoms with E-state index >= 15 is 0 Å². The van der Waals surface area contributed by atoms with E-state index in [0.717, 1.165) is 39.0 Å². The number of aryl methyl sites for hydroxylation is 1. The number of fused-ring (bicyclic) bond motifs is 4. The summed E-state index contributed by atoms with van der Waals surface area (Å²) in [5, 5.41) is 7.09. The first-order chi connectivity index (χ1) is 12.3. The molecule has 4 heteroatoms. The summed E-state index contributed by atoms with van der Waals surface area (Å²) in [6.07, 6.45) is 1.61. The van der Waals surface area contributed by atoms with Gasteiger partial charge in [0.1, 0.15) is 11.8 Å². The number of aromatic amines is 1. The second kappa shape index (κ2) is 5.31. The lowest BCUT2D eigenvalue weighted by molar-refractivity contribution is 1.26. The number of pyridine rings is 1. The van der Waals surface area contributed by atoms with Crippen LogP contribution in [0.1, 0.15) is 5.69 Å². The van der Waals surface area contributed by atoms with Crippen LogP contribution in [0.2, 0.25) is 0 Å². The first-order valence-electron chi connectivity index (χ1n) is 8.27. The molecule has 2 N–H and O–H groups in total. The number of nitrogens with zero attached hydrogens (tertiary/aromatic N) is 2. The minimum absolute atomic E-state index is 0.909. The van der Waals surface area contributed by atoms with Crippen molar-refractivity contribution in [1.29, 1.82) is 0 Å². The normalized spacial score (nSPS) is 11.4. The van der Waals surface area contributed by atoms with Crippen LogP contribution >= 0.6 is 0 Å². The first-order valence-corrected chi connectivity index (χ1v) is 8.27. The molecule has 0 aliphatic heterocycles. The fourth-order valence-electron chi connectivity index (χ4n) is 3.40. The Bertz CT molecular complexity index is 1240. The van der Waals surface area contributed by atoms with Gasteiger partial charge in [0.05, 0.1) is 11.2 Å². The Labute approximate surface area is 144 Å². The summed E-state index contributed by atoms with van der Waals surface area (Å²) >= 11 is 0. The lowest BCUT2D eigenvalue weighted by atomic mass is 10.1. The van der Waals surface area contributed by atoms with Gasteiger partial charge in [-0.05, 0) is 48.0 Å². The predicted octanol–water partition coefficient (Wildman–Crippen LogP) is 5.32. The maximum atomic E-state index is 4.46. The topological polar surface area (TPSA) is 53.6 Å². The molecule has 3 aromatic carbocycles. The molecule has 0 saturated heterocycles. The quantitative estimate of drug-likeness (QED) is 0.462. The van der Waals surface area contributed by atoms with Gasteiger partial charge < -0.3 is 10.3 Å². The molecule has 25 heavy (non-hydrogen) atoms. The standard InChI is InChI=1S/C21H16N4/c1-13-10-19(20-17(24-13)8-9-18-21(20)23-12-22-18)25-16-7-6-14-4-2-3-5-15(14)11-16/h2-12,24-25H,1H3. The van der Waals surface area contributed by atoms with Crippen molar-refractivity contribution in [2.45, 2.75) is 6.92 Å². The summed E-state index contributed by atoms with van der Waals surface area (Å²) in [6.45, 7) is 2.06. The molecule has 0 amide bonds. The summed E-state index contributed by atoms with van der Waals surface area (Å²) in [4.78, 5) is 12.2. The number of benzene rings is 3. The van der Waals surface area contributed by atoms with Crippen LogP contribution in [0.15, 0.2) is 67.0 Å². The highest BCUT2D eigenvalue weighted by atomic mass is 14.9. The highest BCUT2D eigenvalue weighted by molar-refractivity contribution is 6.10. The second-order valence-corrected chi connectivity index (χ2v) is 6.28. The molecule has 0 aliphatic rings. The van der Waals surface area contributed by atoms with Crippen molar-refractivity contribution in [3.8, 4) is 0 Å². The van der Waals surface area contributed by atoms with Gasteiger partial charge in [0, 0.05) is 22.3 Å². The molecule has 2 aromatic heterocycles. The van der Waals surface area contributed by atoms with Gasteiger partial charge in [0.2, 0.25) is 0 Å². The van der Waals surface area contributed by atoms with E-state index in [9.17, 15) is 0 Å². The Morgan fingerprint density at radius 1 is 0.880 bits per heavy atom. The second-order valence-electron chi connectivity index (χ2n) is 6.28. The summed E-state index contributed by atoms with van der Waals surface area (Å²) in [6, 6.07) is 21.0. The molecule has 0 fully saturated rings. The van der Waals surface area contributed by atoms with Crippen LogP contribution in [0, 0.1) is 6.92 Å². The van der Waals surface area contributed by atoms with Gasteiger partial charge in [0.15, 0.2) is 0 Å². The number of nitrogens with one attached hydrogen (secondary N) is 2. The first kappa shape index (κ1) is 14.0. The van der Waals surface area contributed by atoms with Crippen molar-refractivity contribution >= 4 is 44.1 Å². The fraction of sp³-hybridized carbons (Fsp3) is 0.0476. The molecular formula is C21H16N4. The predicted molar refractivity (Wildman–Crippen MR) is 103 cm³/mol. The van der Waals surface area contributed by atoms with Gasteiger partial charge in [-0.2, -0.15) is 0 Å². The lowest BCUT2D eigenvalue weighted by Gasteiger charge is -2.13. The number of anilines is 2. The van der Waals surface area contributed by atoms with Gasteiger partial charge in [-0.15, -0.1) is 0 Å². The minimum atomic E-state index is 0.909.